The molecule has 2 aliphatic rings. The molecule has 1 N–H and O–H groups in total. The van der Waals surface area contributed by atoms with Crippen molar-refractivity contribution in [1.82, 2.24) is 19.6 Å². The summed E-state index contributed by atoms with van der Waals surface area (Å²) in [4.78, 5) is 22.8. The maximum atomic E-state index is 12.8. The first kappa shape index (κ1) is 19.9. The van der Waals surface area contributed by atoms with Gasteiger partial charge in [0.1, 0.15) is 5.82 Å². The molecule has 29 heavy (non-hydrogen) atoms. The second kappa shape index (κ2) is 8.17. The van der Waals surface area contributed by atoms with E-state index in [1.165, 1.54) is 12.4 Å². The van der Waals surface area contributed by atoms with E-state index >= 15 is 0 Å². The molecule has 4 rings (SSSR count). The van der Waals surface area contributed by atoms with Crippen LogP contribution >= 0.6 is 0 Å². The summed E-state index contributed by atoms with van der Waals surface area (Å²) >= 11 is 0. The zero-order valence-corrected chi connectivity index (χ0v) is 17.1. The maximum absolute atomic E-state index is 12.8. The van der Waals surface area contributed by atoms with Gasteiger partial charge in [-0.1, -0.05) is 6.07 Å². The average Bonchev–Trinajstić information content (AvgIpc) is 3.25. The average molecular weight is 417 g/mol. The lowest BCUT2D eigenvalue weighted by atomic mass is 9.99. The van der Waals surface area contributed by atoms with Crippen molar-refractivity contribution in [2.75, 3.05) is 19.7 Å². The van der Waals surface area contributed by atoms with E-state index in [1.807, 2.05) is 6.07 Å². The molecule has 8 nitrogen and oxygen atoms in total. The van der Waals surface area contributed by atoms with Gasteiger partial charge < -0.3 is 9.64 Å². The van der Waals surface area contributed by atoms with Crippen LogP contribution < -0.4 is 4.72 Å². The van der Waals surface area contributed by atoms with Gasteiger partial charge in [-0.15, -0.1) is 0 Å². The van der Waals surface area contributed by atoms with Gasteiger partial charge in [-0.25, -0.2) is 23.1 Å². The highest BCUT2D eigenvalue weighted by Gasteiger charge is 2.25. The van der Waals surface area contributed by atoms with Crippen molar-refractivity contribution in [3.63, 3.8) is 0 Å². The zero-order chi connectivity index (χ0) is 20.4. The Balaban J connectivity index is 1.49. The molecular formula is C20H24N4O4S. The van der Waals surface area contributed by atoms with Crippen LogP contribution in [0.2, 0.25) is 0 Å². The molecule has 1 aromatic carbocycles. The molecule has 1 aromatic heterocycles. The molecule has 1 saturated heterocycles. The number of fused-ring (bicyclic) bond motifs is 1. The van der Waals surface area contributed by atoms with Gasteiger partial charge in [0.2, 0.25) is 10.0 Å². The summed E-state index contributed by atoms with van der Waals surface area (Å²) in [6, 6.07) is 5.13. The summed E-state index contributed by atoms with van der Waals surface area (Å²) < 4.78 is 33.5. The number of carbonyl (C=O) groups excluding carboxylic acids is 1. The van der Waals surface area contributed by atoms with Gasteiger partial charge in [-0.2, -0.15) is 0 Å². The third-order valence-corrected chi connectivity index (χ3v) is 6.76. The summed E-state index contributed by atoms with van der Waals surface area (Å²) in [5.41, 5.74) is 2.34. The van der Waals surface area contributed by atoms with Crippen LogP contribution in [0.25, 0.3) is 0 Å². The third kappa shape index (κ3) is 4.47. The Morgan fingerprint density at radius 2 is 2.07 bits per heavy atom. The van der Waals surface area contributed by atoms with Crippen molar-refractivity contribution in [1.29, 1.82) is 0 Å². The number of hydrogen-bond donors (Lipinski definition) is 1. The highest BCUT2D eigenvalue weighted by atomic mass is 32.2. The fraction of sp³-hybridized carbons (Fsp3) is 0.450. The number of sulfonamides is 1. The van der Waals surface area contributed by atoms with Crippen LogP contribution in [-0.2, 0) is 27.7 Å². The van der Waals surface area contributed by atoms with E-state index in [1.54, 1.807) is 24.0 Å². The number of nitrogens with one attached hydrogen (secondary N) is 1. The number of amides is 1. The van der Waals surface area contributed by atoms with Crippen LogP contribution in [-0.4, -0.2) is 55.0 Å². The molecule has 0 aliphatic carbocycles. The molecule has 0 spiro atoms. The molecule has 1 amide bonds. The predicted molar refractivity (Wildman–Crippen MR) is 106 cm³/mol. The molecular weight excluding hydrogens is 392 g/mol. The Hall–Kier alpha value is -2.36. The van der Waals surface area contributed by atoms with Crippen molar-refractivity contribution in [3.05, 3.63) is 53.1 Å². The minimum Gasteiger partial charge on any atom is -0.377 e. The van der Waals surface area contributed by atoms with Crippen molar-refractivity contribution >= 4 is 15.9 Å². The lowest BCUT2D eigenvalue weighted by molar-refractivity contribution is 0.0733. The van der Waals surface area contributed by atoms with Gasteiger partial charge in [0.25, 0.3) is 5.91 Å². The number of aryl methyl sites for hydroxylation is 1. The monoisotopic (exact) mass is 416 g/mol. The molecule has 0 saturated carbocycles. The maximum Gasteiger partial charge on any atom is 0.257 e. The second-order valence-electron chi connectivity index (χ2n) is 7.41. The summed E-state index contributed by atoms with van der Waals surface area (Å²) in [6.45, 7) is 3.65. The van der Waals surface area contributed by atoms with Gasteiger partial charge in [-0.05, 0) is 49.4 Å². The zero-order valence-electron chi connectivity index (χ0n) is 16.3. The first-order valence-electron chi connectivity index (χ1n) is 9.73. The summed E-state index contributed by atoms with van der Waals surface area (Å²) in [5, 5.41) is 0. The number of nitrogens with zero attached hydrogens (tertiary/aromatic N) is 3. The molecule has 0 radical (unpaired) electrons. The van der Waals surface area contributed by atoms with E-state index < -0.39 is 10.0 Å². The van der Waals surface area contributed by atoms with Gasteiger partial charge in [0, 0.05) is 38.6 Å². The van der Waals surface area contributed by atoms with Crippen LogP contribution in [0, 0.1) is 6.92 Å². The Kier molecular flexibility index (Phi) is 5.62. The fourth-order valence-corrected chi connectivity index (χ4v) is 4.77. The molecule has 0 unspecified atom stereocenters. The molecule has 9 heteroatoms. The van der Waals surface area contributed by atoms with Crippen LogP contribution in [0.4, 0.5) is 0 Å². The van der Waals surface area contributed by atoms with Gasteiger partial charge in [0.05, 0.1) is 16.6 Å². The molecule has 154 valence electrons. The minimum atomic E-state index is -3.63. The SMILES string of the molecule is Cc1ncc(C(=O)N2CCc3ccc(S(=O)(=O)NC[C@H]4CCCO4)cc3C2)cn1. The van der Waals surface area contributed by atoms with E-state index in [9.17, 15) is 13.2 Å². The van der Waals surface area contributed by atoms with E-state index in [2.05, 4.69) is 14.7 Å². The largest absolute Gasteiger partial charge is 0.377 e. The Bertz CT molecular complexity index is 1000. The number of hydrogen-bond acceptors (Lipinski definition) is 6. The lowest BCUT2D eigenvalue weighted by Gasteiger charge is -2.29. The number of ether oxygens (including phenoxy) is 1. The molecule has 0 bridgehead atoms. The lowest BCUT2D eigenvalue weighted by Crippen LogP contribution is -2.36. The van der Waals surface area contributed by atoms with Gasteiger partial charge >= 0.3 is 0 Å². The first-order valence-corrected chi connectivity index (χ1v) is 11.2. The first-order chi connectivity index (χ1) is 13.9. The predicted octanol–water partition coefficient (Wildman–Crippen LogP) is 1.44. The highest BCUT2D eigenvalue weighted by molar-refractivity contribution is 7.89. The normalized spacial score (nSPS) is 19.2. The standard InChI is InChI=1S/C20H24N4O4S/c1-14-21-10-17(11-22-14)20(25)24-7-6-15-4-5-19(9-16(15)13-24)29(26,27)23-12-18-3-2-8-28-18/h4-5,9-11,18,23H,2-3,6-8,12-13H2,1H3/t18-/m1/s1. The van der Waals surface area contributed by atoms with E-state index in [0.717, 1.165) is 24.0 Å². The van der Waals surface area contributed by atoms with Crippen LogP contribution in [0.1, 0.15) is 40.2 Å². The smallest absolute Gasteiger partial charge is 0.257 e. The third-order valence-electron chi connectivity index (χ3n) is 5.34. The van der Waals surface area contributed by atoms with Crippen LogP contribution in [0.3, 0.4) is 0 Å². The summed E-state index contributed by atoms with van der Waals surface area (Å²) in [7, 11) is -3.63. The molecule has 1 atom stereocenters. The van der Waals surface area contributed by atoms with Crippen molar-refractivity contribution in [2.24, 2.45) is 0 Å². The van der Waals surface area contributed by atoms with Crippen molar-refractivity contribution in [3.8, 4) is 0 Å². The highest BCUT2D eigenvalue weighted by Crippen LogP contribution is 2.24. The summed E-state index contributed by atoms with van der Waals surface area (Å²) in [6.07, 6.45) is 5.49. The number of benzene rings is 1. The van der Waals surface area contributed by atoms with Crippen LogP contribution in [0.5, 0.6) is 0 Å². The number of aromatic nitrogens is 2. The minimum absolute atomic E-state index is 0.0627. The Morgan fingerprint density at radius 3 is 2.79 bits per heavy atom. The van der Waals surface area contributed by atoms with Crippen LogP contribution in [0.15, 0.2) is 35.5 Å². The Morgan fingerprint density at radius 1 is 1.28 bits per heavy atom. The van der Waals surface area contributed by atoms with Crippen molar-refractivity contribution in [2.45, 2.75) is 43.7 Å². The van der Waals surface area contributed by atoms with Crippen molar-refractivity contribution < 1.29 is 17.9 Å². The van der Waals surface area contributed by atoms with E-state index in [4.69, 9.17) is 4.74 Å². The molecule has 2 aromatic rings. The fourth-order valence-electron chi connectivity index (χ4n) is 3.65. The van der Waals surface area contributed by atoms with E-state index in [0.29, 0.717) is 37.5 Å². The Labute approximate surface area is 170 Å². The number of carbonyl (C=O) groups is 1. The summed E-state index contributed by atoms with van der Waals surface area (Å²) in [5.74, 6) is 0.455. The van der Waals surface area contributed by atoms with E-state index in [-0.39, 0.29) is 23.5 Å². The quantitative estimate of drug-likeness (QED) is 0.791. The molecule has 2 aliphatic heterocycles. The van der Waals surface area contributed by atoms with Gasteiger partial charge in [0.15, 0.2) is 0 Å². The topological polar surface area (TPSA) is 101 Å². The molecule has 1 fully saturated rings. The number of rotatable bonds is 5. The second-order valence-corrected chi connectivity index (χ2v) is 9.18. The van der Waals surface area contributed by atoms with Gasteiger partial charge in [-0.3, -0.25) is 4.79 Å². The molecule has 3 heterocycles.